The molecule has 28 heavy (non-hydrogen) atoms. The van der Waals surface area contributed by atoms with Crippen molar-refractivity contribution in [3.8, 4) is 11.5 Å². The third kappa shape index (κ3) is 5.14. The molecule has 3 N–H and O–H groups in total. The number of anilines is 1. The number of amides is 1. The Morgan fingerprint density at radius 2 is 1.71 bits per heavy atom. The minimum atomic E-state index is -0.894. The molecule has 0 spiro atoms. The van der Waals surface area contributed by atoms with Crippen LogP contribution in [0.3, 0.4) is 0 Å². The Balaban J connectivity index is 1.59. The summed E-state index contributed by atoms with van der Waals surface area (Å²) in [4.78, 5) is 12.3. The van der Waals surface area contributed by atoms with Gasteiger partial charge in [0.05, 0.1) is 5.69 Å². The van der Waals surface area contributed by atoms with Gasteiger partial charge in [0.15, 0.2) is 23.9 Å². The predicted molar refractivity (Wildman–Crippen MR) is 103 cm³/mol. The van der Waals surface area contributed by atoms with Gasteiger partial charge in [0.25, 0.3) is 5.91 Å². The van der Waals surface area contributed by atoms with E-state index < -0.39 is 11.6 Å². The molecule has 0 aliphatic heterocycles. The van der Waals surface area contributed by atoms with E-state index >= 15 is 0 Å². The lowest BCUT2D eigenvalue weighted by atomic mass is 10.1. The van der Waals surface area contributed by atoms with Gasteiger partial charge in [-0.15, -0.1) is 0 Å². The van der Waals surface area contributed by atoms with Crippen LogP contribution in [-0.4, -0.2) is 12.5 Å². The molecule has 0 radical (unpaired) electrons. The minimum Gasteiger partial charge on any atom is -0.455 e. The lowest BCUT2D eigenvalue weighted by molar-refractivity contribution is -0.682. The molecule has 0 aromatic heterocycles. The molecule has 3 aromatic carbocycles. The first-order valence-electron chi connectivity index (χ1n) is 8.93. The summed E-state index contributed by atoms with van der Waals surface area (Å²) in [5.74, 6) is -0.796. The van der Waals surface area contributed by atoms with E-state index in [-0.39, 0.29) is 18.5 Å². The van der Waals surface area contributed by atoms with Crippen molar-refractivity contribution in [1.82, 2.24) is 0 Å². The molecule has 0 bridgehead atoms. The summed E-state index contributed by atoms with van der Waals surface area (Å²) in [5.41, 5.74) is 1.17. The van der Waals surface area contributed by atoms with E-state index in [1.807, 2.05) is 43.3 Å². The molecule has 144 valence electrons. The molecule has 3 aromatic rings. The molecular formula is C22H21F2N2O2+. The first-order valence-corrected chi connectivity index (χ1v) is 8.93. The van der Waals surface area contributed by atoms with Crippen LogP contribution in [0.15, 0.2) is 72.8 Å². The first-order chi connectivity index (χ1) is 13.5. The number of carbonyl (C=O) groups excluding carboxylic acids is 1. The van der Waals surface area contributed by atoms with Crippen LogP contribution in [0.5, 0.6) is 11.5 Å². The van der Waals surface area contributed by atoms with Crippen molar-refractivity contribution in [3.63, 3.8) is 0 Å². The van der Waals surface area contributed by atoms with Crippen LogP contribution < -0.4 is 15.4 Å². The van der Waals surface area contributed by atoms with Crippen molar-refractivity contribution in [3.05, 3.63) is 90.0 Å². The number of rotatable bonds is 7. The molecular weight excluding hydrogens is 362 g/mol. The molecule has 0 fully saturated rings. The number of hydrogen-bond donors (Lipinski definition) is 2. The highest BCUT2D eigenvalue weighted by Gasteiger charge is 2.15. The molecule has 0 heterocycles. The summed E-state index contributed by atoms with van der Waals surface area (Å²) < 4.78 is 32.2. The second kappa shape index (κ2) is 9.10. The highest BCUT2D eigenvalue weighted by molar-refractivity contribution is 5.92. The molecule has 0 saturated carbocycles. The number of hydrogen-bond acceptors (Lipinski definition) is 2. The van der Waals surface area contributed by atoms with Gasteiger partial charge in [0.1, 0.15) is 11.8 Å². The van der Waals surface area contributed by atoms with E-state index in [1.54, 1.807) is 23.5 Å². The number of para-hydroxylation sites is 3. The molecule has 0 aliphatic rings. The van der Waals surface area contributed by atoms with E-state index in [0.29, 0.717) is 22.7 Å². The van der Waals surface area contributed by atoms with Gasteiger partial charge in [-0.2, -0.15) is 0 Å². The first kappa shape index (κ1) is 19.5. The summed E-state index contributed by atoms with van der Waals surface area (Å²) in [5, 5.41) is 4.58. The Bertz CT molecular complexity index is 948. The Hall–Kier alpha value is -3.25. The Morgan fingerprint density at radius 1 is 1.00 bits per heavy atom. The van der Waals surface area contributed by atoms with Crippen molar-refractivity contribution in [1.29, 1.82) is 0 Å². The quantitative estimate of drug-likeness (QED) is 0.648. The average molecular weight is 383 g/mol. The van der Waals surface area contributed by atoms with Crippen LogP contribution >= 0.6 is 0 Å². The number of halogens is 2. The Morgan fingerprint density at radius 3 is 2.46 bits per heavy atom. The molecule has 0 unspecified atom stereocenters. The predicted octanol–water partition coefficient (Wildman–Crippen LogP) is 4.02. The lowest BCUT2D eigenvalue weighted by Gasteiger charge is -2.14. The summed E-state index contributed by atoms with van der Waals surface area (Å²) in [6.45, 7) is 1.95. The molecule has 1 atom stereocenters. The fourth-order valence-corrected chi connectivity index (χ4v) is 2.69. The van der Waals surface area contributed by atoms with Crippen LogP contribution in [0.2, 0.25) is 0 Å². The van der Waals surface area contributed by atoms with E-state index in [9.17, 15) is 13.6 Å². The van der Waals surface area contributed by atoms with E-state index in [1.165, 1.54) is 6.07 Å². The topological polar surface area (TPSA) is 54.9 Å². The maximum atomic E-state index is 13.4. The van der Waals surface area contributed by atoms with Crippen molar-refractivity contribution >= 4 is 11.6 Å². The van der Waals surface area contributed by atoms with Gasteiger partial charge >= 0.3 is 0 Å². The fraction of sp³-hybridized carbons (Fsp3) is 0.136. The van der Waals surface area contributed by atoms with Gasteiger partial charge in [-0.1, -0.05) is 30.3 Å². The zero-order chi connectivity index (χ0) is 19.9. The average Bonchev–Trinajstić information content (AvgIpc) is 2.70. The molecule has 4 nitrogen and oxygen atoms in total. The normalized spacial score (nSPS) is 11.7. The monoisotopic (exact) mass is 383 g/mol. The SMILES string of the molecule is C[C@H]([NH2+]CC(=O)Nc1ccccc1Oc1ccccc1)c1ccc(F)c(F)c1. The second-order valence-electron chi connectivity index (χ2n) is 6.36. The van der Waals surface area contributed by atoms with Crippen LogP contribution in [-0.2, 0) is 4.79 Å². The van der Waals surface area contributed by atoms with Gasteiger partial charge < -0.3 is 15.4 Å². The molecule has 1 amide bonds. The van der Waals surface area contributed by atoms with Crippen molar-refractivity contribution in [2.45, 2.75) is 13.0 Å². The van der Waals surface area contributed by atoms with Crippen LogP contribution in [0.1, 0.15) is 18.5 Å². The summed E-state index contributed by atoms with van der Waals surface area (Å²) in [6, 6.07) is 20.0. The maximum Gasteiger partial charge on any atom is 0.279 e. The molecule has 6 heteroatoms. The fourth-order valence-electron chi connectivity index (χ4n) is 2.69. The smallest absolute Gasteiger partial charge is 0.279 e. The van der Waals surface area contributed by atoms with E-state index in [2.05, 4.69) is 5.32 Å². The van der Waals surface area contributed by atoms with Crippen molar-refractivity contribution in [2.24, 2.45) is 0 Å². The lowest BCUT2D eigenvalue weighted by Crippen LogP contribution is -2.86. The summed E-state index contributed by atoms with van der Waals surface area (Å²) in [7, 11) is 0. The van der Waals surface area contributed by atoms with Gasteiger partial charge in [-0.05, 0) is 49.4 Å². The van der Waals surface area contributed by atoms with Crippen LogP contribution in [0.25, 0.3) is 0 Å². The molecule has 0 saturated heterocycles. The third-order valence-corrected chi connectivity index (χ3v) is 4.26. The summed E-state index contributed by atoms with van der Waals surface area (Å²) >= 11 is 0. The number of carbonyl (C=O) groups is 1. The number of nitrogens with two attached hydrogens (primary N) is 1. The van der Waals surface area contributed by atoms with E-state index in [4.69, 9.17) is 4.74 Å². The highest BCUT2D eigenvalue weighted by atomic mass is 19.2. The zero-order valence-electron chi connectivity index (χ0n) is 15.4. The number of ether oxygens (including phenoxy) is 1. The standard InChI is InChI=1S/C22H20F2N2O2/c1-15(16-11-12-18(23)19(24)13-16)25-14-22(27)26-20-9-5-6-10-21(20)28-17-7-3-2-4-8-17/h2-13,15,25H,14H2,1H3,(H,26,27)/p+1/t15-/m0/s1. The van der Waals surface area contributed by atoms with Gasteiger partial charge in [0.2, 0.25) is 0 Å². The van der Waals surface area contributed by atoms with Crippen molar-refractivity contribution in [2.75, 3.05) is 11.9 Å². The number of quaternary nitrogens is 1. The molecule has 0 aliphatic carbocycles. The largest absolute Gasteiger partial charge is 0.455 e. The number of nitrogens with one attached hydrogen (secondary N) is 1. The maximum absolute atomic E-state index is 13.4. The summed E-state index contributed by atoms with van der Waals surface area (Å²) in [6.07, 6.45) is 0. The second-order valence-corrected chi connectivity index (χ2v) is 6.36. The van der Waals surface area contributed by atoms with Gasteiger partial charge in [-0.25, -0.2) is 8.78 Å². The Labute approximate surface area is 162 Å². The minimum absolute atomic E-state index is 0.125. The highest BCUT2D eigenvalue weighted by Crippen LogP contribution is 2.28. The van der Waals surface area contributed by atoms with Gasteiger partial charge in [0, 0.05) is 5.56 Å². The number of benzene rings is 3. The van der Waals surface area contributed by atoms with E-state index in [0.717, 1.165) is 12.1 Å². The van der Waals surface area contributed by atoms with Crippen molar-refractivity contribution < 1.29 is 23.6 Å². The molecule has 3 rings (SSSR count). The van der Waals surface area contributed by atoms with Crippen LogP contribution in [0, 0.1) is 11.6 Å². The van der Waals surface area contributed by atoms with Gasteiger partial charge in [-0.3, -0.25) is 4.79 Å². The van der Waals surface area contributed by atoms with Crippen LogP contribution in [0.4, 0.5) is 14.5 Å². The third-order valence-electron chi connectivity index (χ3n) is 4.26. The Kier molecular flexibility index (Phi) is 6.34. The zero-order valence-corrected chi connectivity index (χ0v) is 15.4.